The summed E-state index contributed by atoms with van der Waals surface area (Å²) in [6, 6.07) is 2.72. The van der Waals surface area contributed by atoms with Gasteiger partial charge in [-0.1, -0.05) is 0 Å². The summed E-state index contributed by atoms with van der Waals surface area (Å²) in [5, 5.41) is 5.74. The highest BCUT2D eigenvalue weighted by molar-refractivity contribution is 5.81. The van der Waals surface area contributed by atoms with E-state index in [1.54, 1.807) is 0 Å². The number of nitrogens with one attached hydrogen (secondary N) is 2. The van der Waals surface area contributed by atoms with Crippen LogP contribution < -0.4 is 15.4 Å². The lowest BCUT2D eigenvalue weighted by atomic mass is 10.2. The largest absolute Gasteiger partial charge is 0.492 e. The van der Waals surface area contributed by atoms with Crippen LogP contribution in [0.5, 0.6) is 5.75 Å². The van der Waals surface area contributed by atoms with Gasteiger partial charge in [0.2, 0.25) is 5.91 Å². The number of alkyl halides is 2. The van der Waals surface area contributed by atoms with Gasteiger partial charge in [-0.2, -0.15) is 0 Å². The Kier molecular flexibility index (Phi) is 5.44. The van der Waals surface area contributed by atoms with Crippen molar-refractivity contribution in [2.75, 3.05) is 19.7 Å². The second-order valence-electron chi connectivity index (χ2n) is 4.81. The fraction of sp³-hybridized carbons (Fsp3) is 0.500. The van der Waals surface area contributed by atoms with Crippen molar-refractivity contribution in [3.63, 3.8) is 0 Å². The molecule has 1 aromatic carbocycles. The summed E-state index contributed by atoms with van der Waals surface area (Å²) in [6.07, 6.45) is -0.987. The highest BCUT2D eigenvalue weighted by Gasteiger charge is 2.21. The maximum Gasteiger partial charge on any atom is 0.264 e. The fourth-order valence-electron chi connectivity index (χ4n) is 2.17. The highest BCUT2D eigenvalue weighted by atomic mass is 19.3. The molecule has 2 N–H and O–H groups in total. The predicted molar refractivity (Wildman–Crippen MR) is 70.9 cm³/mol. The van der Waals surface area contributed by atoms with Crippen LogP contribution in [0.4, 0.5) is 13.2 Å². The average molecular weight is 302 g/mol. The molecule has 4 nitrogen and oxygen atoms in total. The summed E-state index contributed by atoms with van der Waals surface area (Å²) >= 11 is 0. The van der Waals surface area contributed by atoms with Gasteiger partial charge in [-0.25, -0.2) is 13.2 Å². The molecule has 0 aromatic heterocycles. The molecule has 2 rings (SSSR count). The Balaban J connectivity index is 1.76. The molecular formula is C14H17F3N2O2. The van der Waals surface area contributed by atoms with E-state index < -0.39 is 17.8 Å². The molecule has 1 amide bonds. The molecule has 0 saturated carbocycles. The summed E-state index contributed by atoms with van der Waals surface area (Å²) in [4.78, 5) is 11.7. The summed E-state index contributed by atoms with van der Waals surface area (Å²) in [6.45, 7) is 1.15. The predicted octanol–water partition coefficient (Wildman–Crippen LogP) is 2.01. The smallest absolute Gasteiger partial charge is 0.264 e. The summed E-state index contributed by atoms with van der Waals surface area (Å²) in [5.74, 6) is -0.857. The van der Waals surface area contributed by atoms with Crippen molar-refractivity contribution in [3.05, 3.63) is 29.6 Å². The van der Waals surface area contributed by atoms with E-state index in [1.807, 2.05) is 0 Å². The van der Waals surface area contributed by atoms with E-state index in [4.69, 9.17) is 4.74 Å². The SMILES string of the molecule is O=C(NCCOc1cc(F)cc(C(F)F)c1)C1CCCN1. The van der Waals surface area contributed by atoms with Gasteiger partial charge < -0.3 is 15.4 Å². The Labute approximate surface area is 120 Å². The zero-order valence-corrected chi connectivity index (χ0v) is 11.4. The molecule has 0 bridgehead atoms. The van der Waals surface area contributed by atoms with Gasteiger partial charge in [0.1, 0.15) is 18.2 Å². The molecule has 1 heterocycles. The zero-order valence-electron chi connectivity index (χ0n) is 11.4. The number of carbonyl (C=O) groups is 1. The standard InChI is InChI=1S/C14H17F3N2O2/c15-10-6-9(13(16)17)7-11(8-10)21-5-4-19-14(20)12-2-1-3-18-12/h6-8,12-13,18H,1-5H2,(H,19,20). The number of hydrogen-bond acceptors (Lipinski definition) is 3. The third kappa shape index (κ3) is 4.63. The molecule has 0 spiro atoms. The van der Waals surface area contributed by atoms with Crippen LogP contribution in [0.2, 0.25) is 0 Å². The zero-order chi connectivity index (χ0) is 15.2. The first kappa shape index (κ1) is 15.6. The van der Waals surface area contributed by atoms with Crippen molar-refractivity contribution in [3.8, 4) is 5.75 Å². The molecule has 1 atom stereocenters. The lowest BCUT2D eigenvalue weighted by Gasteiger charge is -2.12. The molecule has 0 aliphatic carbocycles. The van der Waals surface area contributed by atoms with Gasteiger partial charge in [-0.3, -0.25) is 4.79 Å². The van der Waals surface area contributed by atoms with E-state index in [0.29, 0.717) is 0 Å². The second kappa shape index (κ2) is 7.31. The lowest BCUT2D eigenvalue weighted by Crippen LogP contribution is -2.41. The van der Waals surface area contributed by atoms with Crippen molar-refractivity contribution in [1.29, 1.82) is 0 Å². The molecular weight excluding hydrogens is 285 g/mol. The first-order valence-electron chi connectivity index (χ1n) is 6.79. The quantitative estimate of drug-likeness (QED) is 0.790. The minimum absolute atomic E-state index is 0.0264. The van der Waals surface area contributed by atoms with Crippen LogP contribution >= 0.6 is 0 Å². The Hall–Kier alpha value is -1.76. The van der Waals surface area contributed by atoms with Crippen LogP contribution in [-0.2, 0) is 4.79 Å². The molecule has 21 heavy (non-hydrogen) atoms. The molecule has 1 aromatic rings. The van der Waals surface area contributed by atoms with Crippen molar-refractivity contribution in [2.45, 2.75) is 25.3 Å². The van der Waals surface area contributed by atoms with E-state index in [9.17, 15) is 18.0 Å². The molecule has 1 unspecified atom stereocenters. The average Bonchev–Trinajstić information content (AvgIpc) is 2.97. The van der Waals surface area contributed by atoms with Gasteiger partial charge in [0.05, 0.1) is 12.6 Å². The third-order valence-corrected chi connectivity index (χ3v) is 3.19. The van der Waals surface area contributed by atoms with Crippen LogP contribution in [-0.4, -0.2) is 31.6 Å². The summed E-state index contributed by atoms with van der Waals surface area (Å²) in [5.41, 5.74) is -0.427. The Morgan fingerprint density at radius 3 is 2.90 bits per heavy atom. The monoisotopic (exact) mass is 302 g/mol. The molecule has 1 fully saturated rings. The number of halogens is 3. The van der Waals surface area contributed by atoms with Gasteiger partial charge in [0.25, 0.3) is 6.43 Å². The number of benzene rings is 1. The van der Waals surface area contributed by atoms with Gasteiger partial charge in [0.15, 0.2) is 0 Å². The maximum atomic E-state index is 13.1. The number of ether oxygens (including phenoxy) is 1. The number of hydrogen-bond donors (Lipinski definition) is 2. The number of amides is 1. The van der Waals surface area contributed by atoms with Gasteiger partial charge in [0, 0.05) is 11.6 Å². The molecule has 7 heteroatoms. The normalized spacial score (nSPS) is 18.0. The van der Waals surface area contributed by atoms with Crippen molar-refractivity contribution < 1.29 is 22.7 Å². The van der Waals surface area contributed by atoms with Crippen LogP contribution in [0.15, 0.2) is 18.2 Å². The summed E-state index contributed by atoms with van der Waals surface area (Å²) < 4.78 is 43.3. The molecule has 1 aliphatic heterocycles. The van der Waals surface area contributed by atoms with Crippen molar-refractivity contribution in [1.82, 2.24) is 10.6 Å². The first-order chi connectivity index (χ1) is 10.1. The first-order valence-corrected chi connectivity index (χ1v) is 6.79. The number of rotatable bonds is 6. The molecule has 0 radical (unpaired) electrons. The van der Waals surface area contributed by atoms with Crippen LogP contribution in [0.25, 0.3) is 0 Å². The van der Waals surface area contributed by atoms with Crippen LogP contribution in [0.3, 0.4) is 0 Å². The third-order valence-electron chi connectivity index (χ3n) is 3.19. The molecule has 1 aliphatic rings. The topological polar surface area (TPSA) is 50.4 Å². The Morgan fingerprint density at radius 1 is 1.43 bits per heavy atom. The molecule has 116 valence electrons. The lowest BCUT2D eigenvalue weighted by molar-refractivity contribution is -0.122. The van der Waals surface area contributed by atoms with E-state index >= 15 is 0 Å². The van der Waals surface area contributed by atoms with Gasteiger partial charge in [-0.15, -0.1) is 0 Å². The maximum absolute atomic E-state index is 13.1. The number of carbonyl (C=O) groups excluding carboxylic acids is 1. The highest BCUT2D eigenvalue weighted by Crippen LogP contribution is 2.24. The van der Waals surface area contributed by atoms with Crippen molar-refractivity contribution in [2.24, 2.45) is 0 Å². The minimum atomic E-state index is -2.75. The Bertz CT molecular complexity index is 491. The van der Waals surface area contributed by atoms with E-state index in [-0.39, 0.29) is 30.9 Å². The summed E-state index contributed by atoms with van der Waals surface area (Å²) in [7, 11) is 0. The van der Waals surface area contributed by atoms with Gasteiger partial charge >= 0.3 is 0 Å². The van der Waals surface area contributed by atoms with E-state index in [2.05, 4.69) is 10.6 Å². The Morgan fingerprint density at radius 2 is 2.24 bits per heavy atom. The van der Waals surface area contributed by atoms with E-state index in [0.717, 1.165) is 37.6 Å². The minimum Gasteiger partial charge on any atom is -0.492 e. The molecule has 1 saturated heterocycles. The second-order valence-corrected chi connectivity index (χ2v) is 4.81. The van der Waals surface area contributed by atoms with Crippen molar-refractivity contribution >= 4 is 5.91 Å². The fourth-order valence-corrected chi connectivity index (χ4v) is 2.17. The van der Waals surface area contributed by atoms with Crippen LogP contribution in [0, 0.1) is 5.82 Å². The van der Waals surface area contributed by atoms with Crippen LogP contribution in [0.1, 0.15) is 24.8 Å². The van der Waals surface area contributed by atoms with Gasteiger partial charge in [-0.05, 0) is 31.5 Å². The van der Waals surface area contributed by atoms with E-state index in [1.165, 1.54) is 0 Å².